The number of rotatable bonds is 6. The number of H-pyrrole nitrogens is 1. The number of ether oxygens (including phenoxy) is 1. The van der Waals surface area contributed by atoms with E-state index in [-0.39, 0.29) is 24.1 Å². The van der Waals surface area contributed by atoms with Crippen molar-refractivity contribution in [1.82, 2.24) is 20.4 Å². The van der Waals surface area contributed by atoms with Crippen LogP contribution >= 0.6 is 0 Å². The number of urea groups is 1. The highest BCUT2D eigenvalue weighted by atomic mass is 16.5. The molecule has 2 unspecified atom stereocenters. The van der Waals surface area contributed by atoms with E-state index in [0.717, 1.165) is 37.9 Å². The zero-order valence-electron chi connectivity index (χ0n) is 17.9. The number of carbonyl (C=O) groups excluding carboxylic acids is 1. The number of hydrogen-bond acceptors (Lipinski definition) is 3. The lowest BCUT2D eigenvalue weighted by Gasteiger charge is -2.41. The van der Waals surface area contributed by atoms with Gasteiger partial charge in [-0.25, -0.2) is 4.79 Å². The predicted octanol–water partition coefficient (Wildman–Crippen LogP) is 4.43. The zero-order chi connectivity index (χ0) is 20.8. The molecule has 162 valence electrons. The maximum atomic E-state index is 12.7. The highest BCUT2D eigenvalue weighted by Crippen LogP contribution is 2.36. The molecule has 1 saturated carbocycles. The number of likely N-dealkylation sites (tertiary alicyclic amines) is 1. The van der Waals surface area contributed by atoms with Crippen LogP contribution in [0.25, 0.3) is 0 Å². The Labute approximate surface area is 179 Å². The molecule has 2 amide bonds. The molecule has 2 aromatic rings. The van der Waals surface area contributed by atoms with E-state index >= 15 is 0 Å². The third-order valence-electron chi connectivity index (χ3n) is 6.72. The lowest BCUT2D eigenvalue weighted by Crippen LogP contribution is -2.53. The van der Waals surface area contributed by atoms with Crippen LogP contribution in [0.15, 0.2) is 42.6 Å². The quantitative estimate of drug-likeness (QED) is 0.740. The molecule has 6 heteroatoms. The maximum Gasteiger partial charge on any atom is 0.317 e. The Morgan fingerprint density at radius 2 is 1.97 bits per heavy atom. The van der Waals surface area contributed by atoms with Gasteiger partial charge in [0.05, 0.1) is 24.4 Å². The first-order valence-corrected chi connectivity index (χ1v) is 11.5. The molecular weight excluding hydrogens is 376 g/mol. The topological polar surface area (TPSA) is 70.2 Å². The third-order valence-corrected chi connectivity index (χ3v) is 6.72. The largest absolute Gasteiger partial charge is 0.376 e. The summed E-state index contributed by atoms with van der Waals surface area (Å²) in [6, 6.07) is 12.9. The summed E-state index contributed by atoms with van der Waals surface area (Å²) in [5.74, 6) is 0.859. The van der Waals surface area contributed by atoms with Gasteiger partial charge in [-0.15, -0.1) is 0 Å². The van der Waals surface area contributed by atoms with Gasteiger partial charge in [-0.1, -0.05) is 30.3 Å². The minimum Gasteiger partial charge on any atom is -0.376 e. The monoisotopic (exact) mass is 410 g/mol. The minimum atomic E-state index is 0.0131. The van der Waals surface area contributed by atoms with E-state index in [1.165, 1.54) is 18.4 Å². The summed E-state index contributed by atoms with van der Waals surface area (Å²) in [4.78, 5) is 14.7. The van der Waals surface area contributed by atoms with E-state index in [1.54, 1.807) is 0 Å². The fraction of sp³-hybridized carbons (Fsp3) is 0.583. The van der Waals surface area contributed by atoms with E-state index in [2.05, 4.69) is 45.8 Å². The molecule has 2 heterocycles. The van der Waals surface area contributed by atoms with Crippen LogP contribution in [0.3, 0.4) is 0 Å². The number of nitrogens with one attached hydrogen (secondary N) is 2. The van der Waals surface area contributed by atoms with E-state index in [0.29, 0.717) is 19.1 Å². The highest BCUT2D eigenvalue weighted by Gasteiger charge is 2.37. The first-order chi connectivity index (χ1) is 14.8. The van der Waals surface area contributed by atoms with Crippen LogP contribution in [-0.2, 0) is 4.74 Å². The maximum absolute atomic E-state index is 12.7. The Kier molecular flexibility index (Phi) is 7.05. The Balaban J connectivity index is 1.38. The van der Waals surface area contributed by atoms with E-state index in [1.807, 2.05) is 24.1 Å². The molecule has 1 aliphatic heterocycles. The van der Waals surface area contributed by atoms with Crippen molar-refractivity contribution in [2.75, 3.05) is 19.7 Å². The molecule has 1 aliphatic carbocycles. The van der Waals surface area contributed by atoms with E-state index in [9.17, 15) is 4.79 Å². The Hall–Kier alpha value is -2.34. The summed E-state index contributed by atoms with van der Waals surface area (Å²) in [6.45, 7) is 3.96. The number of aromatic amines is 1. The Morgan fingerprint density at radius 3 is 2.67 bits per heavy atom. The number of hydrogen-bond donors (Lipinski definition) is 2. The van der Waals surface area contributed by atoms with Gasteiger partial charge >= 0.3 is 6.03 Å². The predicted molar refractivity (Wildman–Crippen MR) is 118 cm³/mol. The van der Waals surface area contributed by atoms with Gasteiger partial charge in [0.2, 0.25) is 0 Å². The molecule has 0 spiro atoms. The van der Waals surface area contributed by atoms with Gasteiger partial charge in [0.25, 0.3) is 0 Å². The molecule has 2 atom stereocenters. The van der Waals surface area contributed by atoms with Crippen LogP contribution in [0.5, 0.6) is 0 Å². The van der Waals surface area contributed by atoms with Crippen molar-refractivity contribution >= 4 is 6.03 Å². The standard InChI is InChI=1S/C24H34N4O2/c1-2-25-24(29)28-16-6-9-21(22-14-15-26-27-22)23(28)17-30-20-12-10-19(11-13-20)18-7-4-3-5-8-18/h3-5,7-8,14-15,19-21,23H,2,6,9-13,16-17H2,1H3,(H,25,29)(H,26,27). The van der Waals surface area contributed by atoms with Gasteiger partial charge in [-0.05, 0) is 63.0 Å². The third kappa shape index (κ3) is 4.86. The van der Waals surface area contributed by atoms with Crippen LogP contribution in [0.2, 0.25) is 0 Å². The van der Waals surface area contributed by atoms with Gasteiger partial charge in [0, 0.05) is 25.2 Å². The first-order valence-electron chi connectivity index (χ1n) is 11.5. The van der Waals surface area contributed by atoms with Crippen molar-refractivity contribution in [2.45, 2.75) is 69.4 Å². The second-order valence-electron chi connectivity index (χ2n) is 8.56. The number of amides is 2. The van der Waals surface area contributed by atoms with Crippen molar-refractivity contribution in [3.63, 3.8) is 0 Å². The molecule has 0 radical (unpaired) electrons. The fourth-order valence-electron chi connectivity index (χ4n) is 5.11. The van der Waals surface area contributed by atoms with Crippen molar-refractivity contribution < 1.29 is 9.53 Å². The molecule has 2 fully saturated rings. The highest BCUT2D eigenvalue weighted by molar-refractivity contribution is 5.74. The molecule has 2 N–H and O–H groups in total. The number of aromatic nitrogens is 2. The molecule has 2 aliphatic rings. The summed E-state index contributed by atoms with van der Waals surface area (Å²) >= 11 is 0. The van der Waals surface area contributed by atoms with Gasteiger partial charge in [-0.2, -0.15) is 5.10 Å². The van der Waals surface area contributed by atoms with E-state index in [4.69, 9.17) is 4.74 Å². The zero-order valence-corrected chi connectivity index (χ0v) is 17.9. The second kappa shape index (κ2) is 10.1. The molecule has 1 aromatic heterocycles. The summed E-state index contributed by atoms with van der Waals surface area (Å²) in [5, 5.41) is 10.3. The molecular formula is C24H34N4O2. The second-order valence-corrected chi connectivity index (χ2v) is 8.56. The number of benzene rings is 1. The molecule has 1 saturated heterocycles. The first kappa shape index (κ1) is 20.9. The average molecular weight is 411 g/mol. The van der Waals surface area contributed by atoms with Crippen LogP contribution < -0.4 is 5.32 Å². The van der Waals surface area contributed by atoms with Gasteiger partial charge in [-0.3, -0.25) is 5.10 Å². The molecule has 1 aromatic carbocycles. The van der Waals surface area contributed by atoms with Crippen molar-refractivity contribution in [2.24, 2.45) is 0 Å². The SMILES string of the molecule is CCNC(=O)N1CCCC(c2cc[nH]n2)C1COC1CCC(c2ccccc2)CC1. The molecule has 6 nitrogen and oxygen atoms in total. The summed E-state index contributed by atoms with van der Waals surface area (Å²) in [5.41, 5.74) is 2.48. The minimum absolute atomic E-state index is 0.0131. The number of nitrogens with zero attached hydrogens (tertiary/aromatic N) is 2. The van der Waals surface area contributed by atoms with Crippen LogP contribution in [-0.4, -0.2) is 53.0 Å². The van der Waals surface area contributed by atoms with Crippen molar-refractivity contribution in [1.29, 1.82) is 0 Å². The Bertz CT molecular complexity index is 772. The number of carbonyl (C=O) groups is 1. The molecule has 4 rings (SSSR count). The van der Waals surface area contributed by atoms with Crippen molar-refractivity contribution in [3.05, 3.63) is 53.9 Å². The fourth-order valence-corrected chi connectivity index (χ4v) is 5.11. The van der Waals surface area contributed by atoms with Crippen LogP contribution in [0.1, 0.15) is 68.5 Å². The summed E-state index contributed by atoms with van der Waals surface area (Å²) in [7, 11) is 0. The lowest BCUT2D eigenvalue weighted by molar-refractivity contribution is -0.0170. The summed E-state index contributed by atoms with van der Waals surface area (Å²) in [6.07, 6.45) is 8.68. The summed E-state index contributed by atoms with van der Waals surface area (Å²) < 4.78 is 6.43. The van der Waals surface area contributed by atoms with Gasteiger partial charge in [0.15, 0.2) is 0 Å². The molecule has 30 heavy (non-hydrogen) atoms. The van der Waals surface area contributed by atoms with E-state index < -0.39 is 0 Å². The van der Waals surface area contributed by atoms with Crippen molar-refractivity contribution in [3.8, 4) is 0 Å². The lowest BCUT2D eigenvalue weighted by atomic mass is 9.82. The number of piperidine rings is 1. The Morgan fingerprint density at radius 1 is 1.17 bits per heavy atom. The van der Waals surface area contributed by atoms with Crippen LogP contribution in [0.4, 0.5) is 4.79 Å². The van der Waals surface area contributed by atoms with Gasteiger partial charge in [0.1, 0.15) is 0 Å². The normalized spacial score (nSPS) is 27.0. The van der Waals surface area contributed by atoms with Crippen LogP contribution in [0, 0.1) is 0 Å². The van der Waals surface area contributed by atoms with Gasteiger partial charge < -0.3 is 15.0 Å². The molecule has 0 bridgehead atoms. The average Bonchev–Trinajstić information content (AvgIpc) is 3.33. The smallest absolute Gasteiger partial charge is 0.317 e.